The van der Waals surface area contributed by atoms with Gasteiger partial charge in [0.1, 0.15) is 5.82 Å². The lowest BCUT2D eigenvalue weighted by Crippen LogP contribution is -2.39. The molecule has 1 fully saturated rings. The highest BCUT2D eigenvalue weighted by Crippen LogP contribution is 2.22. The number of benzene rings is 2. The third-order valence-corrected chi connectivity index (χ3v) is 7.02. The number of hydrogen-bond donors (Lipinski definition) is 3. The number of urea groups is 1. The molecule has 0 aliphatic carbocycles. The molecule has 10 heteroatoms. The first-order chi connectivity index (χ1) is 15.8. The Balaban J connectivity index is 1.25. The molecule has 3 N–H and O–H groups in total. The third-order valence-electron chi connectivity index (χ3n) is 5.51. The van der Waals surface area contributed by atoms with E-state index in [9.17, 15) is 17.6 Å². The first-order valence-corrected chi connectivity index (χ1v) is 12.2. The summed E-state index contributed by atoms with van der Waals surface area (Å²) in [6, 6.07) is 13.8. The molecule has 0 saturated carbocycles. The number of fused-ring (bicyclic) bond motifs is 1. The number of carbonyl (C=O) groups is 1. The Morgan fingerprint density at radius 1 is 1.18 bits per heavy atom. The van der Waals surface area contributed by atoms with E-state index < -0.39 is 15.8 Å². The highest BCUT2D eigenvalue weighted by molar-refractivity contribution is 7.89. The number of hydrogen-bond acceptors (Lipinski definition) is 5. The lowest BCUT2D eigenvalue weighted by molar-refractivity contribution is 0.249. The molecule has 1 aliphatic rings. The Bertz CT molecular complexity index is 1270. The minimum atomic E-state index is -3.78. The van der Waals surface area contributed by atoms with Gasteiger partial charge in [-0.2, -0.15) is 0 Å². The summed E-state index contributed by atoms with van der Waals surface area (Å²) in [4.78, 5) is 18.9. The van der Waals surface area contributed by atoms with E-state index in [1.54, 1.807) is 0 Å². The van der Waals surface area contributed by atoms with Gasteiger partial charge >= 0.3 is 6.03 Å². The van der Waals surface area contributed by atoms with Gasteiger partial charge in [-0.15, -0.1) is 0 Å². The maximum Gasteiger partial charge on any atom is 0.319 e. The number of para-hydroxylation sites is 1. The van der Waals surface area contributed by atoms with Crippen LogP contribution in [0.3, 0.4) is 0 Å². The van der Waals surface area contributed by atoms with Crippen molar-refractivity contribution in [1.29, 1.82) is 0 Å². The van der Waals surface area contributed by atoms with Crippen molar-refractivity contribution >= 4 is 32.6 Å². The summed E-state index contributed by atoms with van der Waals surface area (Å²) in [7, 11) is -3.78. The minimum absolute atomic E-state index is 0.0850. The number of sulfonamides is 1. The molecular weight excluding hydrogens is 445 g/mol. The van der Waals surface area contributed by atoms with E-state index in [0.717, 1.165) is 22.7 Å². The molecule has 2 heterocycles. The highest BCUT2D eigenvalue weighted by atomic mass is 32.2. The number of aryl methyl sites for hydroxylation is 1. The summed E-state index contributed by atoms with van der Waals surface area (Å²) >= 11 is 0. The molecule has 1 atom stereocenters. The molecule has 2 amide bonds. The second-order valence-corrected chi connectivity index (χ2v) is 9.79. The molecule has 8 nitrogen and oxygen atoms in total. The van der Waals surface area contributed by atoms with Crippen molar-refractivity contribution in [2.75, 3.05) is 31.5 Å². The molecule has 0 bridgehead atoms. The van der Waals surface area contributed by atoms with E-state index in [1.165, 1.54) is 18.2 Å². The lowest BCUT2D eigenvalue weighted by Gasteiger charge is -2.17. The maximum absolute atomic E-state index is 13.4. The standard InChI is InChI=1S/C23H26FN5O3S/c1-16-13-22(20-7-2-3-8-21(20)26-16)27-23(30)25-10-12-29-11-9-18(15-29)28-33(31,32)19-6-4-5-17(24)14-19/h2-8,13-14,18,28H,9-12,15H2,1H3,(H2,25,26,27,30). The first kappa shape index (κ1) is 23.1. The van der Waals surface area contributed by atoms with Crippen LogP contribution in [-0.2, 0) is 10.0 Å². The molecule has 0 radical (unpaired) electrons. The first-order valence-electron chi connectivity index (χ1n) is 10.7. The van der Waals surface area contributed by atoms with Crippen LogP contribution in [0.25, 0.3) is 10.9 Å². The van der Waals surface area contributed by atoms with Gasteiger partial charge in [0.25, 0.3) is 0 Å². The van der Waals surface area contributed by atoms with Crippen molar-refractivity contribution in [2.24, 2.45) is 0 Å². The molecule has 33 heavy (non-hydrogen) atoms. The van der Waals surface area contributed by atoms with Crippen LogP contribution in [-0.4, -0.2) is 56.6 Å². The topological polar surface area (TPSA) is 103 Å². The Morgan fingerprint density at radius 3 is 2.82 bits per heavy atom. The van der Waals surface area contributed by atoms with Gasteiger partial charge in [-0.25, -0.2) is 22.3 Å². The average Bonchev–Trinajstić information content (AvgIpc) is 3.20. The van der Waals surface area contributed by atoms with Crippen LogP contribution in [0.15, 0.2) is 59.5 Å². The average molecular weight is 472 g/mol. The molecule has 1 saturated heterocycles. The number of carbonyl (C=O) groups excluding carboxylic acids is 1. The SMILES string of the molecule is Cc1cc(NC(=O)NCCN2CCC(NS(=O)(=O)c3cccc(F)c3)C2)c2ccccc2n1. The largest absolute Gasteiger partial charge is 0.337 e. The number of amides is 2. The zero-order valence-electron chi connectivity index (χ0n) is 18.2. The van der Waals surface area contributed by atoms with E-state index >= 15 is 0 Å². The van der Waals surface area contributed by atoms with Crippen LogP contribution in [0, 0.1) is 12.7 Å². The number of anilines is 1. The second-order valence-electron chi connectivity index (χ2n) is 8.07. The van der Waals surface area contributed by atoms with Crippen molar-refractivity contribution < 1.29 is 17.6 Å². The fourth-order valence-corrected chi connectivity index (χ4v) is 5.25. The molecule has 174 valence electrons. The van der Waals surface area contributed by atoms with Crippen LogP contribution in [0.4, 0.5) is 14.9 Å². The molecular formula is C23H26FN5O3S. The zero-order chi connectivity index (χ0) is 23.4. The number of aromatic nitrogens is 1. The summed E-state index contributed by atoms with van der Waals surface area (Å²) in [6.45, 7) is 4.10. The van der Waals surface area contributed by atoms with Gasteiger partial charge in [0, 0.05) is 36.8 Å². The van der Waals surface area contributed by atoms with Gasteiger partial charge in [-0.1, -0.05) is 24.3 Å². The van der Waals surface area contributed by atoms with Crippen LogP contribution in [0.1, 0.15) is 12.1 Å². The minimum Gasteiger partial charge on any atom is -0.337 e. The van der Waals surface area contributed by atoms with Crippen molar-refractivity contribution in [1.82, 2.24) is 19.9 Å². The summed E-state index contributed by atoms with van der Waals surface area (Å²) in [5, 5.41) is 6.59. The molecule has 4 rings (SSSR count). The second kappa shape index (κ2) is 9.82. The van der Waals surface area contributed by atoms with E-state index in [0.29, 0.717) is 38.3 Å². The van der Waals surface area contributed by atoms with Gasteiger partial charge in [0.2, 0.25) is 10.0 Å². The number of nitrogens with zero attached hydrogens (tertiary/aromatic N) is 2. The number of pyridine rings is 1. The maximum atomic E-state index is 13.4. The number of nitrogens with one attached hydrogen (secondary N) is 3. The van der Waals surface area contributed by atoms with Crippen molar-refractivity contribution in [2.45, 2.75) is 24.3 Å². The quantitative estimate of drug-likeness (QED) is 0.492. The Morgan fingerprint density at radius 2 is 2.00 bits per heavy atom. The van der Waals surface area contributed by atoms with Crippen molar-refractivity contribution in [3.63, 3.8) is 0 Å². The summed E-state index contributed by atoms with van der Waals surface area (Å²) in [6.07, 6.45) is 0.642. The highest BCUT2D eigenvalue weighted by Gasteiger charge is 2.27. The summed E-state index contributed by atoms with van der Waals surface area (Å²) < 4.78 is 41.0. The third kappa shape index (κ3) is 5.84. The van der Waals surface area contributed by atoms with Gasteiger partial charge in [0.15, 0.2) is 0 Å². The number of halogens is 1. The number of rotatable bonds is 7. The molecule has 2 aromatic carbocycles. The van der Waals surface area contributed by atoms with Gasteiger partial charge in [-0.3, -0.25) is 9.88 Å². The number of likely N-dealkylation sites (tertiary alicyclic amines) is 1. The normalized spacial score (nSPS) is 16.7. The van der Waals surface area contributed by atoms with Crippen molar-refractivity contribution in [3.05, 3.63) is 66.1 Å². The lowest BCUT2D eigenvalue weighted by atomic mass is 10.1. The van der Waals surface area contributed by atoms with Crippen LogP contribution in [0.5, 0.6) is 0 Å². The molecule has 1 unspecified atom stereocenters. The summed E-state index contributed by atoms with van der Waals surface area (Å²) in [5.41, 5.74) is 2.33. The van der Waals surface area contributed by atoms with Gasteiger partial charge in [-0.05, 0) is 50.2 Å². The van der Waals surface area contributed by atoms with Crippen LogP contribution in [0.2, 0.25) is 0 Å². The fourth-order valence-electron chi connectivity index (χ4n) is 3.96. The predicted molar refractivity (Wildman–Crippen MR) is 125 cm³/mol. The van der Waals surface area contributed by atoms with Gasteiger partial charge in [0.05, 0.1) is 16.1 Å². The Hall–Kier alpha value is -3.08. The van der Waals surface area contributed by atoms with E-state index in [-0.39, 0.29) is 17.0 Å². The summed E-state index contributed by atoms with van der Waals surface area (Å²) in [5.74, 6) is -0.592. The molecule has 1 aliphatic heterocycles. The van der Waals surface area contributed by atoms with Crippen LogP contribution >= 0.6 is 0 Å². The zero-order valence-corrected chi connectivity index (χ0v) is 19.0. The smallest absolute Gasteiger partial charge is 0.319 e. The van der Waals surface area contributed by atoms with E-state index in [4.69, 9.17) is 0 Å². The molecule has 3 aromatic rings. The van der Waals surface area contributed by atoms with Crippen LogP contribution < -0.4 is 15.4 Å². The monoisotopic (exact) mass is 471 g/mol. The Kier molecular flexibility index (Phi) is 6.87. The predicted octanol–water partition coefficient (Wildman–Crippen LogP) is 2.86. The molecule has 1 aromatic heterocycles. The molecule has 0 spiro atoms. The van der Waals surface area contributed by atoms with E-state index in [1.807, 2.05) is 37.3 Å². The van der Waals surface area contributed by atoms with Crippen molar-refractivity contribution in [3.8, 4) is 0 Å². The van der Waals surface area contributed by atoms with Gasteiger partial charge < -0.3 is 10.6 Å². The fraction of sp³-hybridized carbons (Fsp3) is 0.304. The Labute approximate surface area is 192 Å². The van der Waals surface area contributed by atoms with E-state index in [2.05, 4.69) is 25.2 Å².